The molecule has 4 fully saturated rings. The Bertz CT molecular complexity index is 7690. The van der Waals surface area contributed by atoms with Crippen LogP contribution >= 0.6 is 23.8 Å². The monoisotopic (exact) mass is 1860 g/mol. The highest BCUT2D eigenvalue weighted by molar-refractivity contribution is 7.81. The van der Waals surface area contributed by atoms with Crippen molar-refractivity contribution in [3.8, 4) is 28.8 Å². The number of ketones is 1. The summed E-state index contributed by atoms with van der Waals surface area (Å²) in [6, 6.07) is 63.4. The quantitative estimate of drug-likeness (QED) is 0.0155. The van der Waals surface area contributed by atoms with Gasteiger partial charge in [-0.2, -0.15) is 50.3 Å². The van der Waals surface area contributed by atoms with Gasteiger partial charge in [-0.3, -0.25) is 25.2 Å². The summed E-state index contributed by atoms with van der Waals surface area (Å²) in [4.78, 5) is 90.1. The molecule has 2 saturated carbocycles. The van der Waals surface area contributed by atoms with Crippen molar-refractivity contribution in [1.29, 1.82) is 5.41 Å². The number of thiocarbonyl (C=S) groups is 1. The number of pyridine rings is 1. The number of nitrogens with one attached hydrogen (secondary N) is 6. The Morgan fingerprint density at radius 3 is 1.70 bits per heavy atom. The summed E-state index contributed by atoms with van der Waals surface area (Å²) in [6.45, 7) is 8.25. The number of benzene rings is 7. The number of aromatic amines is 3. The first-order chi connectivity index (χ1) is 66.0. The van der Waals surface area contributed by atoms with Gasteiger partial charge in [0.15, 0.2) is 40.3 Å². The second-order valence-corrected chi connectivity index (χ2v) is 34.1. The smallest absolute Gasteiger partial charge is 0.348 e. The van der Waals surface area contributed by atoms with Gasteiger partial charge in [0.25, 0.3) is 0 Å². The van der Waals surface area contributed by atoms with E-state index in [0.29, 0.717) is 132 Å². The van der Waals surface area contributed by atoms with Crippen LogP contribution in [-0.4, -0.2) is 140 Å². The number of ether oxygens (including phenoxy) is 3. The van der Waals surface area contributed by atoms with E-state index in [1.54, 1.807) is 43.1 Å². The lowest BCUT2D eigenvalue weighted by molar-refractivity contribution is 0.0496. The topological polar surface area (TPSA) is 540 Å². The maximum Gasteiger partial charge on any atom is 0.348 e. The number of carbonyl (C=O) groups is 1. The van der Waals surface area contributed by atoms with E-state index in [1.807, 2.05) is 201 Å². The zero-order valence-corrected chi connectivity index (χ0v) is 75.8. The van der Waals surface area contributed by atoms with Gasteiger partial charge in [-0.1, -0.05) is 182 Å². The summed E-state index contributed by atoms with van der Waals surface area (Å²) >= 11 is 11.8. The summed E-state index contributed by atoms with van der Waals surface area (Å²) in [6.07, 6.45) is 13.5. The molecule has 2 saturated heterocycles. The Kier molecular flexibility index (Phi) is 26.3. The van der Waals surface area contributed by atoms with E-state index in [1.165, 1.54) is 12.8 Å². The number of nitrogen functional groups attached to an aromatic ring is 6. The van der Waals surface area contributed by atoms with Crippen molar-refractivity contribution in [3.63, 3.8) is 0 Å². The first-order valence-corrected chi connectivity index (χ1v) is 45.2. The number of halogens is 1. The minimum absolute atomic E-state index is 0.0377. The Hall–Kier alpha value is -16.3. The maximum absolute atomic E-state index is 13.0. The van der Waals surface area contributed by atoms with Gasteiger partial charge in [-0.25, -0.2) is 47.8 Å². The van der Waals surface area contributed by atoms with Crippen molar-refractivity contribution in [1.82, 2.24) is 109 Å². The summed E-state index contributed by atoms with van der Waals surface area (Å²) in [7, 11) is 0. The second-order valence-electron chi connectivity index (χ2n) is 33.3. The first-order valence-electron chi connectivity index (χ1n) is 44.4. The predicted octanol–water partition coefficient (Wildman–Crippen LogP) is 14.9. The number of hydrogen-bond donors (Lipinski definition) is 12. The fraction of sp³-hybridized carbons (Fsp3) is 0.227. The standard InChI is InChI=1S/C22H17N7O2.C22H22N6O2.C18H18ClN5S.C18H20N6O.C17H18N6O2/c23-19-18-20(25-14-9-11-16(12-10-14)31-17-8-4-5-13-24-17)28-29(15-6-2-1-3-7-15)21(18)27-22(30)26-19;23-20-19-16(27-28(18-11-6-12-29-18)21(19)26-22(24)25-20)13-14-7-4-5-10-17(14)30-15-8-2-1-3-9-15;1-10-5-4-6-11(9-10)15(25)14-13-16(20)21-18(19)22-17(13)24(23-14)12-7-2-3-8-12;1-10-5-4-6-11(9-10)14(19)15-13-16(20)21-18(25)22-17(13)24(23-15)12-7-2-3-8-12;1-9-2-4-10(5-3-9)14(24)13-12-15(18)20-17(25)21-16(12)23(22-13)11-6-7-19-8-11/h1-13H,(H,25,28)(H3,23,26,27,30);1-5,7-10,18H,6,11-13H2,(H4,23,24,25,26);4-6,9,12H,2-3,7-8H2,1H3,(H2,20,21,22);4-6,9,12,19H,2-3,7-8H2,1H3,(H3,20,21,22,25);2-5,11,19H,6-8H2,1H3,(H3,18,20,21,25). The molecule has 0 radical (unpaired) electrons. The van der Waals surface area contributed by atoms with Crippen molar-refractivity contribution < 1.29 is 19.0 Å². The molecule has 7 aromatic carbocycles. The van der Waals surface area contributed by atoms with Crippen LogP contribution in [0.1, 0.15) is 161 Å². The molecule has 0 amide bonds. The molecule has 0 spiro atoms. The fourth-order valence-corrected chi connectivity index (χ4v) is 17.7. The van der Waals surface area contributed by atoms with Crippen molar-refractivity contribution in [2.24, 2.45) is 0 Å². The van der Waals surface area contributed by atoms with Crippen LogP contribution in [0, 0.1) is 26.2 Å². The van der Waals surface area contributed by atoms with E-state index in [2.05, 4.69) is 86.8 Å². The average molecular weight is 1860 g/mol. The number of hydrogen-bond acceptors (Lipinski definition) is 30. The number of para-hydroxylation sites is 3. The highest BCUT2D eigenvalue weighted by Gasteiger charge is 2.33. The Balaban J connectivity index is 0.000000114. The van der Waals surface area contributed by atoms with Gasteiger partial charge in [-0.05, 0) is 156 Å². The molecule has 2 atom stereocenters. The van der Waals surface area contributed by atoms with E-state index in [9.17, 15) is 19.2 Å². The van der Waals surface area contributed by atoms with E-state index in [0.717, 1.165) is 126 Å². The highest BCUT2D eigenvalue weighted by atomic mass is 35.5. The van der Waals surface area contributed by atoms with Gasteiger partial charge < -0.3 is 59.2 Å². The summed E-state index contributed by atoms with van der Waals surface area (Å²) < 4.78 is 26.4. The molecule has 39 heteroatoms. The molecule has 136 heavy (non-hydrogen) atoms. The molecule has 2 aliphatic carbocycles. The van der Waals surface area contributed by atoms with Crippen LogP contribution in [0.25, 0.3) is 60.9 Å². The Morgan fingerprint density at radius 2 is 1.07 bits per heavy atom. The normalized spacial score (nSPS) is 14.8. The number of nitrogens with two attached hydrogens (primary N) is 6. The van der Waals surface area contributed by atoms with Crippen LogP contribution < -0.4 is 71.6 Å². The summed E-state index contributed by atoms with van der Waals surface area (Å²) in [5, 5.41) is 41.5. The molecular formula is C97H95ClN30O7S. The molecule has 0 bridgehead atoms. The zero-order valence-electron chi connectivity index (χ0n) is 74.2. The molecule has 13 heterocycles. The third-order valence-electron chi connectivity index (χ3n) is 23.8. The van der Waals surface area contributed by atoms with Crippen LogP contribution in [0.5, 0.6) is 23.1 Å². The molecule has 18 aromatic rings. The number of aryl methyl sites for hydroxylation is 3. The lowest BCUT2D eigenvalue weighted by Gasteiger charge is -2.11. The van der Waals surface area contributed by atoms with Crippen LogP contribution in [0.4, 0.5) is 46.5 Å². The molecule has 37 nitrogen and oxygen atoms in total. The molecular weight excluding hydrogens is 1760 g/mol. The van der Waals surface area contributed by atoms with Gasteiger partial charge in [0.2, 0.25) is 22.9 Å². The van der Waals surface area contributed by atoms with Crippen molar-refractivity contribution in [3.05, 3.63) is 305 Å². The first kappa shape index (κ1) is 90.2. The fourth-order valence-electron chi connectivity index (χ4n) is 17.3. The lowest BCUT2D eigenvalue weighted by atomic mass is 10.0. The van der Waals surface area contributed by atoms with Crippen LogP contribution in [0.15, 0.2) is 221 Å². The van der Waals surface area contributed by atoms with Gasteiger partial charge in [0.1, 0.15) is 68.8 Å². The van der Waals surface area contributed by atoms with Gasteiger partial charge in [0, 0.05) is 54.2 Å². The zero-order chi connectivity index (χ0) is 94.4. The number of fused-ring (bicyclic) bond motifs is 5. The molecule has 22 rings (SSSR count). The highest BCUT2D eigenvalue weighted by Crippen LogP contribution is 2.40. The SMILES string of the molecule is Cc1ccc(C(=O)c2nn(C3CCNC3)c3nc(=O)[nH]c(N)c23)cc1.Cc1cccc(C(=N)c2nn(C3CCCC3)c3nc(=O)[nH]c(N)c23)c1.Cc1cccc(C(=S)c2nn(C3CCCC3)c3nc(Cl)nc(N)c23)c1.Nc1[nH]c(=O)nc2c1c(Nc1ccc(Oc3ccccn3)cc1)nn2-c1ccccc1.Nc1nc(N)c2c(Cc3ccccc3Oc3ccccc3)nn(C3CCCO3)c2n1. The van der Waals surface area contributed by atoms with Crippen molar-refractivity contribution >= 4 is 142 Å². The minimum atomic E-state index is -0.550. The molecule has 688 valence electrons. The Labute approximate surface area is 786 Å². The Morgan fingerprint density at radius 1 is 0.500 bits per heavy atom. The van der Waals surface area contributed by atoms with E-state index in [4.69, 9.17) is 88.0 Å². The van der Waals surface area contributed by atoms with Crippen molar-refractivity contribution in [2.75, 3.05) is 59.4 Å². The molecule has 18 N–H and O–H groups in total. The molecule has 2 aliphatic heterocycles. The van der Waals surface area contributed by atoms with Gasteiger partial charge in [-0.15, -0.1) is 5.10 Å². The number of rotatable bonds is 19. The minimum Gasteiger partial charge on any atom is -0.457 e. The average Bonchev–Trinajstić information content (AvgIpc) is 1.61. The number of aromatic nitrogens is 21. The summed E-state index contributed by atoms with van der Waals surface area (Å²) in [5.74, 6) is 4.21. The van der Waals surface area contributed by atoms with Crippen LogP contribution in [0.3, 0.4) is 0 Å². The van der Waals surface area contributed by atoms with Crippen LogP contribution in [-0.2, 0) is 11.2 Å². The van der Waals surface area contributed by atoms with Crippen LogP contribution in [0.2, 0.25) is 5.28 Å². The van der Waals surface area contributed by atoms with E-state index in [-0.39, 0.29) is 64.2 Å². The number of H-pyrrole nitrogens is 3. The largest absolute Gasteiger partial charge is 0.457 e. The number of nitrogens with zero attached hydrogens (tertiary/aromatic N) is 18. The number of carbonyl (C=O) groups excluding carboxylic acids is 1. The molecule has 2 unspecified atom stereocenters. The summed E-state index contributed by atoms with van der Waals surface area (Å²) in [5.41, 5.74) is 47.7. The van der Waals surface area contributed by atoms with E-state index < -0.39 is 17.1 Å². The molecule has 4 aliphatic rings. The third-order valence-corrected chi connectivity index (χ3v) is 24.4. The lowest BCUT2D eigenvalue weighted by Crippen LogP contribution is -2.18. The van der Waals surface area contributed by atoms with Crippen molar-refractivity contribution in [2.45, 2.75) is 122 Å². The second kappa shape index (κ2) is 39.6. The predicted molar refractivity (Wildman–Crippen MR) is 527 cm³/mol. The number of anilines is 8. The van der Waals surface area contributed by atoms with E-state index >= 15 is 0 Å². The van der Waals surface area contributed by atoms with Gasteiger partial charge in [0.05, 0.1) is 61.6 Å². The maximum atomic E-state index is 13.0. The van der Waals surface area contributed by atoms with Gasteiger partial charge >= 0.3 is 17.1 Å². The third kappa shape index (κ3) is 19.5. The molecule has 11 aromatic heterocycles.